The lowest BCUT2D eigenvalue weighted by atomic mass is 9.73. The highest BCUT2D eigenvalue weighted by atomic mass is 16.5. The largest absolute Gasteiger partial charge is 0.379 e. The second-order valence-electron chi connectivity index (χ2n) is 7.70. The Morgan fingerprint density at radius 3 is 3.04 bits per heavy atom. The van der Waals surface area contributed by atoms with Crippen molar-refractivity contribution in [1.29, 1.82) is 0 Å². The molecule has 2 saturated heterocycles. The van der Waals surface area contributed by atoms with Crippen LogP contribution in [-0.2, 0) is 16.5 Å². The SMILES string of the molecule is CN(C)CCOC[C@]12CCCO[C@H]1CCN(C(=O)c1cccn1C)C2. The minimum Gasteiger partial charge on any atom is -0.379 e. The van der Waals surface area contributed by atoms with E-state index in [0.717, 1.165) is 51.2 Å². The average Bonchev–Trinajstić information content (AvgIpc) is 3.03. The van der Waals surface area contributed by atoms with Gasteiger partial charge in [-0.15, -0.1) is 0 Å². The first-order valence-corrected chi connectivity index (χ1v) is 9.26. The summed E-state index contributed by atoms with van der Waals surface area (Å²) in [6.07, 6.45) is 5.13. The van der Waals surface area contributed by atoms with Gasteiger partial charge in [-0.1, -0.05) is 0 Å². The lowest BCUT2D eigenvalue weighted by molar-refractivity contribution is -0.147. The number of likely N-dealkylation sites (tertiary alicyclic amines) is 1. The van der Waals surface area contributed by atoms with Crippen molar-refractivity contribution in [2.24, 2.45) is 12.5 Å². The molecule has 1 aromatic heterocycles. The summed E-state index contributed by atoms with van der Waals surface area (Å²) in [5.74, 6) is 0.115. The van der Waals surface area contributed by atoms with Crippen LogP contribution in [0.15, 0.2) is 18.3 Å². The molecule has 1 amide bonds. The summed E-state index contributed by atoms with van der Waals surface area (Å²) in [6.45, 7) is 4.61. The van der Waals surface area contributed by atoms with Crippen LogP contribution in [-0.4, -0.2) is 79.9 Å². The number of nitrogens with zero attached hydrogens (tertiary/aromatic N) is 3. The van der Waals surface area contributed by atoms with E-state index in [-0.39, 0.29) is 17.4 Å². The smallest absolute Gasteiger partial charge is 0.270 e. The zero-order valence-electron chi connectivity index (χ0n) is 15.7. The molecule has 3 rings (SSSR count). The Hall–Kier alpha value is -1.37. The lowest BCUT2D eigenvalue weighted by Gasteiger charge is -2.50. The van der Waals surface area contributed by atoms with Crippen LogP contribution in [0, 0.1) is 5.41 Å². The fraction of sp³-hybridized carbons (Fsp3) is 0.737. The van der Waals surface area contributed by atoms with E-state index in [1.807, 2.05) is 34.8 Å². The van der Waals surface area contributed by atoms with Crippen LogP contribution in [0.3, 0.4) is 0 Å². The zero-order chi connectivity index (χ0) is 17.9. The molecule has 0 aliphatic carbocycles. The van der Waals surface area contributed by atoms with E-state index in [2.05, 4.69) is 19.0 Å². The second kappa shape index (κ2) is 7.89. The number of fused-ring (bicyclic) bond motifs is 1. The van der Waals surface area contributed by atoms with Crippen LogP contribution in [0.1, 0.15) is 29.8 Å². The number of ether oxygens (including phenoxy) is 2. The van der Waals surface area contributed by atoms with Gasteiger partial charge in [0.15, 0.2) is 0 Å². The lowest BCUT2D eigenvalue weighted by Crippen LogP contribution is -2.58. The predicted octanol–water partition coefficient (Wildman–Crippen LogP) is 1.61. The molecule has 3 heterocycles. The molecule has 2 aliphatic heterocycles. The number of amides is 1. The van der Waals surface area contributed by atoms with Gasteiger partial charge in [0.05, 0.1) is 19.3 Å². The third-order valence-corrected chi connectivity index (χ3v) is 5.51. The summed E-state index contributed by atoms with van der Waals surface area (Å²) in [5, 5.41) is 0. The zero-order valence-corrected chi connectivity index (χ0v) is 15.7. The molecule has 6 heteroatoms. The summed E-state index contributed by atoms with van der Waals surface area (Å²) in [4.78, 5) is 17.1. The van der Waals surface area contributed by atoms with Crippen LogP contribution in [0.4, 0.5) is 0 Å². The maximum atomic E-state index is 12.9. The third-order valence-electron chi connectivity index (χ3n) is 5.51. The average molecular weight is 349 g/mol. The van der Waals surface area contributed by atoms with E-state index in [9.17, 15) is 4.79 Å². The summed E-state index contributed by atoms with van der Waals surface area (Å²) in [7, 11) is 6.02. The molecule has 2 aliphatic rings. The molecule has 0 N–H and O–H groups in total. The molecular formula is C19H31N3O3. The Labute approximate surface area is 150 Å². The van der Waals surface area contributed by atoms with Crippen LogP contribution in [0.5, 0.6) is 0 Å². The molecule has 0 spiro atoms. The highest BCUT2D eigenvalue weighted by Crippen LogP contribution is 2.40. The molecule has 0 unspecified atom stereocenters. The van der Waals surface area contributed by atoms with E-state index in [1.54, 1.807) is 0 Å². The van der Waals surface area contributed by atoms with Crippen LogP contribution >= 0.6 is 0 Å². The van der Waals surface area contributed by atoms with Crippen molar-refractivity contribution in [3.8, 4) is 0 Å². The fourth-order valence-corrected chi connectivity index (χ4v) is 4.04. The maximum absolute atomic E-state index is 12.9. The second-order valence-corrected chi connectivity index (χ2v) is 7.70. The van der Waals surface area contributed by atoms with E-state index in [1.165, 1.54) is 0 Å². The van der Waals surface area contributed by atoms with Gasteiger partial charge < -0.3 is 23.8 Å². The molecule has 6 nitrogen and oxygen atoms in total. The van der Waals surface area contributed by atoms with Gasteiger partial charge in [-0.25, -0.2) is 0 Å². The highest BCUT2D eigenvalue weighted by Gasteiger charge is 2.47. The van der Waals surface area contributed by atoms with Crippen molar-refractivity contribution in [3.63, 3.8) is 0 Å². The quantitative estimate of drug-likeness (QED) is 0.732. The fourth-order valence-electron chi connectivity index (χ4n) is 4.04. The molecule has 0 aromatic carbocycles. The van der Waals surface area contributed by atoms with Crippen molar-refractivity contribution >= 4 is 5.91 Å². The number of rotatable bonds is 6. The Morgan fingerprint density at radius 2 is 2.32 bits per heavy atom. The third kappa shape index (κ3) is 4.07. The predicted molar refractivity (Wildman–Crippen MR) is 96.7 cm³/mol. The number of aryl methyl sites for hydroxylation is 1. The number of carbonyl (C=O) groups excluding carboxylic acids is 1. The van der Waals surface area contributed by atoms with Gasteiger partial charge in [-0.3, -0.25) is 4.79 Å². The first kappa shape index (κ1) is 18.4. The summed E-state index contributed by atoms with van der Waals surface area (Å²) in [5.41, 5.74) is 0.683. The minimum atomic E-state index is -0.0658. The van der Waals surface area contributed by atoms with Crippen molar-refractivity contribution in [2.75, 3.05) is 53.6 Å². The minimum absolute atomic E-state index is 0.0658. The van der Waals surface area contributed by atoms with Gasteiger partial charge in [-0.05, 0) is 45.5 Å². The summed E-state index contributed by atoms with van der Waals surface area (Å²) < 4.78 is 14.0. The molecule has 0 saturated carbocycles. The monoisotopic (exact) mass is 349 g/mol. The standard InChI is InChI=1S/C19H31N3O3/c1-20(2)11-13-24-15-19-8-5-12-25-17(19)7-10-22(14-19)18(23)16-6-4-9-21(16)3/h4,6,9,17H,5,7-8,10-15H2,1-3H3/t17-,19+/m0/s1. The molecule has 2 atom stereocenters. The molecule has 140 valence electrons. The Balaban J connectivity index is 1.68. The molecule has 0 bridgehead atoms. The van der Waals surface area contributed by atoms with Gasteiger partial charge in [0.1, 0.15) is 5.69 Å². The van der Waals surface area contributed by atoms with E-state index < -0.39 is 0 Å². The number of aromatic nitrogens is 1. The molecule has 25 heavy (non-hydrogen) atoms. The Morgan fingerprint density at radius 1 is 1.48 bits per heavy atom. The summed E-state index contributed by atoms with van der Waals surface area (Å²) >= 11 is 0. The first-order valence-electron chi connectivity index (χ1n) is 9.26. The van der Waals surface area contributed by atoms with Crippen molar-refractivity contribution < 1.29 is 14.3 Å². The summed E-state index contributed by atoms with van der Waals surface area (Å²) in [6, 6.07) is 3.82. The van der Waals surface area contributed by atoms with Crippen molar-refractivity contribution in [1.82, 2.24) is 14.4 Å². The molecule has 0 radical (unpaired) electrons. The van der Waals surface area contributed by atoms with Crippen molar-refractivity contribution in [3.05, 3.63) is 24.0 Å². The number of piperidine rings is 1. The molecular weight excluding hydrogens is 318 g/mol. The van der Waals surface area contributed by atoms with Gasteiger partial charge in [-0.2, -0.15) is 0 Å². The highest BCUT2D eigenvalue weighted by molar-refractivity contribution is 5.92. The number of carbonyl (C=O) groups is 1. The van der Waals surface area contributed by atoms with Crippen LogP contribution in [0.25, 0.3) is 0 Å². The van der Waals surface area contributed by atoms with Gasteiger partial charge in [0, 0.05) is 44.9 Å². The van der Waals surface area contributed by atoms with Gasteiger partial charge in [0.25, 0.3) is 5.91 Å². The molecule has 2 fully saturated rings. The Bertz CT molecular complexity index is 586. The van der Waals surface area contributed by atoms with E-state index in [4.69, 9.17) is 9.47 Å². The van der Waals surface area contributed by atoms with Gasteiger partial charge in [0.2, 0.25) is 0 Å². The number of hydrogen-bond acceptors (Lipinski definition) is 4. The molecule has 1 aromatic rings. The van der Waals surface area contributed by atoms with Crippen molar-refractivity contribution in [2.45, 2.75) is 25.4 Å². The normalized spacial score (nSPS) is 26.7. The number of likely N-dealkylation sites (N-methyl/N-ethyl adjacent to an activating group) is 1. The maximum Gasteiger partial charge on any atom is 0.270 e. The van der Waals surface area contributed by atoms with E-state index in [0.29, 0.717) is 13.2 Å². The van der Waals surface area contributed by atoms with E-state index >= 15 is 0 Å². The van der Waals surface area contributed by atoms with Gasteiger partial charge >= 0.3 is 0 Å². The van der Waals surface area contributed by atoms with Crippen LogP contribution < -0.4 is 0 Å². The first-order chi connectivity index (χ1) is 12.0. The topological polar surface area (TPSA) is 46.9 Å². The Kier molecular flexibility index (Phi) is 5.81. The number of hydrogen-bond donors (Lipinski definition) is 0. The van der Waals surface area contributed by atoms with Crippen LogP contribution in [0.2, 0.25) is 0 Å².